The van der Waals surface area contributed by atoms with Crippen molar-refractivity contribution < 1.29 is 14.3 Å². The first-order valence-electron chi connectivity index (χ1n) is 8.42. The van der Waals surface area contributed by atoms with Crippen LogP contribution in [0.25, 0.3) is 10.9 Å². The van der Waals surface area contributed by atoms with E-state index in [1.54, 1.807) is 36.4 Å². The second kappa shape index (κ2) is 7.82. The van der Waals surface area contributed by atoms with Crippen LogP contribution in [-0.4, -0.2) is 28.5 Å². The molecule has 1 amide bonds. The van der Waals surface area contributed by atoms with Crippen molar-refractivity contribution in [1.82, 2.24) is 9.55 Å². The lowest BCUT2D eigenvalue weighted by molar-refractivity contribution is -0.116. The van der Waals surface area contributed by atoms with E-state index < -0.39 is 5.97 Å². The van der Waals surface area contributed by atoms with E-state index in [0.29, 0.717) is 22.2 Å². The molecule has 1 heterocycles. The summed E-state index contributed by atoms with van der Waals surface area (Å²) < 4.78 is 6.11. The third-order valence-corrected chi connectivity index (χ3v) is 4.24. The molecule has 138 valence electrons. The van der Waals surface area contributed by atoms with Gasteiger partial charge in [0.15, 0.2) is 0 Å². The first-order chi connectivity index (χ1) is 13.0. The number of fused-ring (bicyclic) bond motifs is 1. The summed E-state index contributed by atoms with van der Waals surface area (Å²) in [6.07, 6.45) is 1.54. The van der Waals surface area contributed by atoms with Crippen LogP contribution in [0.2, 0.25) is 0 Å². The quantitative estimate of drug-likeness (QED) is 0.702. The fourth-order valence-corrected chi connectivity index (χ4v) is 2.70. The molecule has 0 spiro atoms. The lowest BCUT2D eigenvalue weighted by Crippen LogP contribution is -2.23. The summed E-state index contributed by atoms with van der Waals surface area (Å²) in [6.45, 7) is 2.03. The number of carbonyl (C=O) groups excluding carboxylic acids is 2. The molecule has 1 N–H and O–H groups in total. The van der Waals surface area contributed by atoms with Crippen LogP contribution >= 0.6 is 0 Å². The van der Waals surface area contributed by atoms with Gasteiger partial charge in [0.25, 0.3) is 5.56 Å². The molecule has 0 saturated heterocycles. The van der Waals surface area contributed by atoms with E-state index in [-0.39, 0.29) is 24.4 Å². The van der Waals surface area contributed by atoms with Crippen molar-refractivity contribution in [2.45, 2.75) is 19.9 Å². The summed E-state index contributed by atoms with van der Waals surface area (Å²) in [5, 5.41) is 3.29. The highest BCUT2D eigenvalue weighted by molar-refractivity contribution is 5.95. The predicted octanol–water partition coefficient (Wildman–Crippen LogP) is 2.52. The number of aryl methyl sites for hydroxylation is 2. The molecule has 0 aliphatic rings. The number of para-hydroxylation sites is 1. The number of hydrogen-bond donors (Lipinski definition) is 1. The van der Waals surface area contributed by atoms with Gasteiger partial charge in [-0.05, 0) is 36.8 Å². The minimum atomic E-state index is -0.473. The second-order valence-corrected chi connectivity index (χ2v) is 6.08. The Balaban J connectivity index is 1.71. The molecule has 0 aliphatic heterocycles. The SMILES string of the molecule is COC(=O)c1ccc(C)c(NC(=O)CCn2cnc3ccccc3c2=O)c1. The van der Waals surface area contributed by atoms with E-state index in [0.717, 1.165) is 5.56 Å². The molecule has 0 saturated carbocycles. The number of nitrogens with one attached hydrogen (secondary N) is 1. The first-order valence-corrected chi connectivity index (χ1v) is 8.42. The van der Waals surface area contributed by atoms with Crippen LogP contribution in [0.15, 0.2) is 53.6 Å². The monoisotopic (exact) mass is 365 g/mol. The third kappa shape index (κ3) is 4.03. The van der Waals surface area contributed by atoms with Crippen LogP contribution in [-0.2, 0) is 16.1 Å². The number of benzene rings is 2. The van der Waals surface area contributed by atoms with Gasteiger partial charge in [-0.25, -0.2) is 9.78 Å². The zero-order chi connectivity index (χ0) is 19.4. The topological polar surface area (TPSA) is 90.3 Å². The van der Waals surface area contributed by atoms with Crippen molar-refractivity contribution in [3.63, 3.8) is 0 Å². The Morgan fingerprint density at radius 3 is 2.74 bits per heavy atom. The zero-order valence-corrected chi connectivity index (χ0v) is 15.1. The zero-order valence-electron chi connectivity index (χ0n) is 15.1. The lowest BCUT2D eigenvalue weighted by Gasteiger charge is -2.11. The van der Waals surface area contributed by atoms with Gasteiger partial charge in [-0.1, -0.05) is 18.2 Å². The normalized spacial score (nSPS) is 10.6. The molecule has 27 heavy (non-hydrogen) atoms. The number of rotatable bonds is 5. The number of methoxy groups -OCH3 is 1. The van der Waals surface area contributed by atoms with E-state index in [9.17, 15) is 14.4 Å². The van der Waals surface area contributed by atoms with Gasteiger partial charge in [0.05, 0.1) is 29.9 Å². The lowest BCUT2D eigenvalue weighted by atomic mass is 10.1. The summed E-state index contributed by atoms with van der Waals surface area (Å²) in [5.41, 5.74) is 2.15. The van der Waals surface area contributed by atoms with Gasteiger partial charge >= 0.3 is 5.97 Å². The molecular weight excluding hydrogens is 346 g/mol. The molecule has 0 atom stereocenters. The molecule has 0 unspecified atom stereocenters. The van der Waals surface area contributed by atoms with Crippen LogP contribution in [0.3, 0.4) is 0 Å². The predicted molar refractivity (Wildman–Crippen MR) is 102 cm³/mol. The Morgan fingerprint density at radius 1 is 1.19 bits per heavy atom. The Bertz CT molecular complexity index is 1070. The van der Waals surface area contributed by atoms with Crippen molar-refractivity contribution in [1.29, 1.82) is 0 Å². The largest absolute Gasteiger partial charge is 0.465 e. The van der Waals surface area contributed by atoms with Crippen molar-refractivity contribution in [3.05, 3.63) is 70.3 Å². The average molecular weight is 365 g/mol. The maximum atomic E-state index is 12.4. The number of hydrogen-bond acceptors (Lipinski definition) is 5. The summed E-state index contributed by atoms with van der Waals surface area (Å²) in [4.78, 5) is 40.6. The van der Waals surface area contributed by atoms with Crippen LogP contribution in [0, 0.1) is 6.92 Å². The molecule has 0 radical (unpaired) electrons. The highest BCUT2D eigenvalue weighted by atomic mass is 16.5. The van der Waals surface area contributed by atoms with E-state index in [1.807, 2.05) is 13.0 Å². The van der Waals surface area contributed by atoms with Gasteiger partial charge in [-0.2, -0.15) is 0 Å². The van der Waals surface area contributed by atoms with Gasteiger partial charge in [0, 0.05) is 18.7 Å². The smallest absolute Gasteiger partial charge is 0.337 e. The first kappa shape index (κ1) is 18.3. The van der Waals surface area contributed by atoms with E-state index in [4.69, 9.17) is 4.74 Å². The van der Waals surface area contributed by atoms with E-state index in [1.165, 1.54) is 18.0 Å². The molecule has 2 aromatic carbocycles. The van der Waals surface area contributed by atoms with Crippen LogP contribution in [0.5, 0.6) is 0 Å². The van der Waals surface area contributed by atoms with Gasteiger partial charge < -0.3 is 10.1 Å². The number of anilines is 1. The number of carbonyl (C=O) groups is 2. The minimum absolute atomic E-state index is 0.0990. The van der Waals surface area contributed by atoms with Crippen LogP contribution < -0.4 is 10.9 Å². The number of aromatic nitrogens is 2. The fourth-order valence-electron chi connectivity index (χ4n) is 2.70. The van der Waals surface area contributed by atoms with Crippen molar-refractivity contribution in [3.8, 4) is 0 Å². The molecule has 1 aromatic heterocycles. The van der Waals surface area contributed by atoms with Crippen molar-refractivity contribution in [2.24, 2.45) is 0 Å². The summed E-state index contributed by atoms with van der Waals surface area (Å²) >= 11 is 0. The maximum Gasteiger partial charge on any atom is 0.337 e. The highest BCUT2D eigenvalue weighted by Gasteiger charge is 2.11. The molecule has 3 aromatic rings. The average Bonchev–Trinajstić information content (AvgIpc) is 2.68. The van der Waals surface area contributed by atoms with Crippen LogP contribution in [0.1, 0.15) is 22.3 Å². The maximum absolute atomic E-state index is 12.4. The molecular formula is C20H19N3O4. The minimum Gasteiger partial charge on any atom is -0.465 e. The Labute approximate surface area is 155 Å². The Kier molecular flexibility index (Phi) is 5.30. The van der Waals surface area contributed by atoms with Crippen molar-refractivity contribution >= 4 is 28.5 Å². The number of nitrogens with zero attached hydrogens (tertiary/aromatic N) is 2. The fraction of sp³-hybridized carbons (Fsp3) is 0.200. The van der Waals surface area contributed by atoms with Crippen molar-refractivity contribution in [2.75, 3.05) is 12.4 Å². The van der Waals surface area contributed by atoms with E-state index >= 15 is 0 Å². The Hall–Kier alpha value is -3.48. The number of ether oxygens (including phenoxy) is 1. The van der Waals surface area contributed by atoms with E-state index in [2.05, 4.69) is 10.3 Å². The molecule has 0 aliphatic carbocycles. The molecule has 0 bridgehead atoms. The highest BCUT2D eigenvalue weighted by Crippen LogP contribution is 2.18. The summed E-state index contributed by atoms with van der Waals surface area (Å²) in [5.74, 6) is -0.737. The van der Waals surface area contributed by atoms with Crippen LogP contribution in [0.4, 0.5) is 5.69 Å². The number of esters is 1. The molecule has 7 nitrogen and oxygen atoms in total. The third-order valence-electron chi connectivity index (χ3n) is 4.24. The number of amides is 1. The second-order valence-electron chi connectivity index (χ2n) is 6.08. The standard InChI is InChI=1S/C20H19N3O4/c1-13-7-8-14(20(26)27-2)11-17(13)22-18(24)9-10-23-12-21-16-6-4-3-5-15(16)19(23)25/h3-8,11-12H,9-10H2,1-2H3,(H,22,24). The molecule has 0 fully saturated rings. The molecule has 7 heteroatoms. The summed E-state index contributed by atoms with van der Waals surface area (Å²) in [7, 11) is 1.30. The van der Waals surface area contributed by atoms with Gasteiger partial charge in [-0.15, -0.1) is 0 Å². The summed E-state index contributed by atoms with van der Waals surface area (Å²) in [6, 6.07) is 12.0. The molecule has 3 rings (SSSR count). The van der Waals surface area contributed by atoms with Gasteiger partial charge in [0.1, 0.15) is 0 Å². The van der Waals surface area contributed by atoms with Gasteiger partial charge in [0.2, 0.25) is 5.91 Å². The Morgan fingerprint density at radius 2 is 1.96 bits per heavy atom. The van der Waals surface area contributed by atoms with Gasteiger partial charge in [-0.3, -0.25) is 14.2 Å².